The molecule has 6 aromatic rings. The Labute approximate surface area is 749 Å². The molecular weight excluding hydrogens is 1720 g/mol. The van der Waals surface area contributed by atoms with Gasteiger partial charge in [0.1, 0.15) is 95.5 Å². The van der Waals surface area contributed by atoms with E-state index in [2.05, 4.69) is 105 Å². The maximum absolute atomic E-state index is 15.4. The summed E-state index contributed by atoms with van der Waals surface area (Å²) < 4.78 is 0. The molecule has 28 N–H and O–H groups in total. The van der Waals surface area contributed by atoms with Gasteiger partial charge in [0.05, 0.1) is 43.7 Å². The van der Waals surface area contributed by atoms with E-state index in [0.29, 0.717) is 34.0 Å². The molecule has 16 amide bonds. The molecule has 45 nitrogen and oxygen atoms in total. The quantitative estimate of drug-likeness (QED) is 0.0140. The first-order valence-electron chi connectivity index (χ1n) is 41.5. The number of hydrogen-bond donors (Lipinski definition) is 26. The van der Waals surface area contributed by atoms with Crippen LogP contribution in [0.2, 0.25) is 0 Å². The van der Waals surface area contributed by atoms with Gasteiger partial charge in [-0.25, -0.2) is 9.97 Å². The zero-order valence-electron chi connectivity index (χ0n) is 71.8. The summed E-state index contributed by atoms with van der Waals surface area (Å²) in [5, 5.41) is 97.9. The van der Waals surface area contributed by atoms with Crippen molar-refractivity contribution in [1.82, 2.24) is 105 Å². The van der Waals surface area contributed by atoms with E-state index < -0.39 is 242 Å². The number of H-pyrrole nitrogens is 2. The molecule has 130 heavy (non-hydrogen) atoms. The first kappa shape index (κ1) is 102. The highest BCUT2D eigenvalue weighted by atomic mass is 32.2. The Morgan fingerprint density at radius 1 is 0.431 bits per heavy atom. The van der Waals surface area contributed by atoms with Crippen LogP contribution < -0.4 is 96.5 Å². The van der Waals surface area contributed by atoms with Gasteiger partial charge in [-0.1, -0.05) is 88.0 Å². The summed E-state index contributed by atoms with van der Waals surface area (Å²) in [6, 6.07) is 1.90. The molecular formula is C84H111N23O22S. The number of aromatic nitrogens is 4. The summed E-state index contributed by atoms with van der Waals surface area (Å²) in [5.74, 6) is -19.8. The van der Waals surface area contributed by atoms with E-state index >= 15 is 24.0 Å². The van der Waals surface area contributed by atoms with Crippen LogP contribution in [0.5, 0.6) is 23.0 Å². The Morgan fingerprint density at radius 2 is 0.769 bits per heavy atom. The van der Waals surface area contributed by atoms with Crippen LogP contribution in [0.15, 0.2) is 122 Å². The number of aromatic amines is 2. The predicted octanol–water partition coefficient (Wildman–Crippen LogP) is -4.06. The molecule has 46 heteroatoms. The van der Waals surface area contributed by atoms with Crippen LogP contribution in [-0.2, 0) is 115 Å². The van der Waals surface area contributed by atoms with Gasteiger partial charge in [-0.05, 0) is 122 Å². The monoisotopic (exact) mass is 1830 g/mol. The molecule has 7 rings (SSSR count). The van der Waals surface area contributed by atoms with Gasteiger partial charge in [-0.2, -0.15) is 0 Å². The number of primary amides is 1. The highest BCUT2D eigenvalue weighted by Crippen LogP contribution is 2.20. The molecule has 700 valence electrons. The lowest BCUT2D eigenvalue weighted by atomic mass is 10.0. The Hall–Kier alpha value is -14.9. The number of guanidine groups is 1. The fourth-order valence-electron chi connectivity index (χ4n) is 13.2. The fraction of sp³-hybridized carbons (Fsp3) is 0.429. The number of carbonyl (C=O) groups excluding carboxylic acids is 16. The number of thioether (sulfide) groups is 1. The number of carboxylic acids is 1. The van der Waals surface area contributed by atoms with E-state index in [9.17, 15) is 83.1 Å². The number of nitrogens with one attached hydrogen (secondary N) is 19. The summed E-state index contributed by atoms with van der Waals surface area (Å²) in [4.78, 5) is 256. The second-order valence-corrected chi connectivity index (χ2v) is 32.6. The largest absolute Gasteiger partial charge is 0.508 e. The maximum Gasteiger partial charge on any atom is 0.303 e. The number of amides is 16. The maximum atomic E-state index is 15.4. The Kier molecular flexibility index (Phi) is 40.1. The summed E-state index contributed by atoms with van der Waals surface area (Å²) in [6.45, 7) is 5.27. The Morgan fingerprint density at radius 3 is 1.16 bits per heavy atom. The number of benzene rings is 4. The summed E-state index contributed by atoms with van der Waals surface area (Å²) in [7, 11) is 0. The van der Waals surface area contributed by atoms with Gasteiger partial charge in [-0.15, -0.1) is 0 Å². The third-order valence-electron chi connectivity index (χ3n) is 19.9. The molecule has 4 aromatic carbocycles. The number of hydrogen-bond acceptors (Lipinski definition) is 25. The number of aromatic hydroxyl groups is 4. The number of phenols is 4. The lowest BCUT2D eigenvalue weighted by Gasteiger charge is -2.28. The molecule has 0 spiro atoms. The van der Waals surface area contributed by atoms with Crippen molar-refractivity contribution in [3.8, 4) is 23.0 Å². The van der Waals surface area contributed by atoms with Crippen LogP contribution in [0.25, 0.3) is 0 Å². The van der Waals surface area contributed by atoms with Crippen molar-refractivity contribution in [3.63, 3.8) is 0 Å². The second-order valence-electron chi connectivity index (χ2n) is 31.6. The number of carboxylic acid groups (broad SMARTS) is 1. The number of phenolic OH excluding ortho intramolecular Hbond substituents is 4. The van der Waals surface area contributed by atoms with Crippen molar-refractivity contribution in [3.05, 3.63) is 156 Å². The van der Waals surface area contributed by atoms with Crippen molar-refractivity contribution in [2.24, 2.45) is 23.3 Å². The highest BCUT2D eigenvalue weighted by Gasteiger charge is 2.38. The molecule has 3 heterocycles. The standard InChI is InChI=1S/C84H111N23O22S/c1-43(2)27-58-72(118)92-39-69(114)98-66(74(120)91-37-67(85)112)40-130-84(129)107-63(32-49-14-22-55(111)23-15-49)80(126)105-65(34-51-36-89-42-95-51)82(128)106-64(33-50-35-88-41-94-50)81(127)104-62(31-48-12-20-54(110)21-13-48)79(125)103-61(30-47-10-18-53(109)19-11-47)78(124)99-56(7-6-26-90-83(86)87)75(121)96-45(5)71(117)100-59(28-44(3)4)77(123)102-60(29-46-8-16-52(108)17-9-46)73(119)93-38-68(113)97-57(76(122)101-58)24-25-70(115)116/h8-23,35-36,41-45,56-66,108-111H,6-7,24-34,37-40H2,1-5H3,(H2,85,112)(H,88,94)(H,89,95)(H,91,120)(H,92,118)(H,93,119)(H,96,121)(H,97,113)(H,98,114)(H,99,124)(H,100,117)(H,101,122)(H,102,123)(H,103,125)(H,104,127)(H,105,126)(H,106,128)(H,107,129)(H,115,116)(H4,86,87,90)/t45-,56-,57-,58-,59-,60-,61-,62-,63-,64-,65-,66-/m0/s1. The van der Waals surface area contributed by atoms with Crippen LogP contribution in [0.4, 0.5) is 4.79 Å². The molecule has 1 fully saturated rings. The van der Waals surface area contributed by atoms with Gasteiger partial charge >= 0.3 is 5.97 Å². The minimum absolute atomic E-state index is 0.00102. The zero-order valence-corrected chi connectivity index (χ0v) is 72.6. The minimum Gasteiger partial charge on any atom is -0.508 e. The lowest BCUT2D eigenvalue weighted by molar-refractivity contribution is -0.138. The second kappa shape index (κ2) is 51.0. The zero-order chi connectivity index (χ0) is 95.3. The number of nitrogens with zero attached hydrogens (tertiary/aromatic N) is 2. The van der Waals surface area contributed by atoms with E-state index in [1.807, 2.05) is 0 Å². The molecule has 1 aliphatic heterocycles. The van der Waals surface area contributed by atoms with Gasteiger partial charge < -0.3 is 132 Å². The van der Waals surface area contributed by atoms with E-state index in [1.54, 1.807) is 27.7 Å². The van der Waals surface area contributed by atoms with Crippen molar-refractivity contribution < 1.29 is 107 Å². The molecule has 1 aliphatic rings. The molecule has 0 saturated carbocycles. The molecule has 0 unspecified atom stereocenters. The topological polar surface area (TPSA) is 717 Å². The van der Waals surface area contributed by atoms with Gasteiger partial charge in [0.15, 0.2) is 5.96 Å². The van der Waals surface area contributed by atoms with E-state index in [1.165, 1.54) is 129 Å². The van der Waals surface area contributed by atoms with Crippen LogP contribution in [0, 0.1) is 17.2 Å². The third-order valence-corrected chi connectivity index (χ3v) is 20.8. The van der Waals surface area contributed by atoms with Gasteiger partial charge in [0, 0.05) is 69.6 Å². The lowest BCUT2D eigenvalue weighted by Crippen LogP contribution is -2.61. The van der Waals surface area contributed by atoms with Crippen LogP contribution in [0.3, 0.4) is 0 Å². The highest BCUT2D eigenvalue weighted by molar-refractivity contribution is 8.13. The van der Waals surface area contributed by atoms with Crippen LogP contribution in [0.1, 0.15) is 107 Å². The molecule has 12 atom stereocenters. The number of nitrogens with two attached hydrogens (primary N) is 2. The van der Waals surface area contributed by atoms with Crippen molar-refractivity contribution in [2.45, 2.75) is 184 Å². The van der Waals surface area contributed by atoms with E-state index in [-0.39, 0.29) is 91.8 Å². The van der Waals surface area contributed by atoms with Crippen LogP contribution in [-0.4, -0.2) is 256 Å². The summed E-state index contributed by atoms with van der Waals surface area (Å²) in [5.41, 5.74) is 12.6. The Bertz CT molecular complexity index is 4910. The number of rotatable bonds is 26. The van der Waals surface area contributed by atoms with E-state index in [0.717, 1.165) is 0 Å². The molecule has 0 bridgehead atoms. The van der Waals surface area contributed by atoms with Crippen molar-refractivity contribution in [2.75, 3.05) is 31.9 Å². The molecule has 0 radical (unpaired) electrons. The number of imidazole rings is 2. The minimum atomic E-state index is -1.75. The molecule has 1 saturated heterocycles. The first-order chi connectivity index (χ1) is 61.7. The van der Waals surface area contributed by atoms with Gasteiger partial charge in [0.2, 0.25) is 88.6 Å². The SMILES string of the molecule is CC(C)C[C@@H]1NC(=O)[C@H](C)NC(=O)[C@H](CCCNC(=N)N)NC(=O)[C@H](Cc2ccc(O)cc2)NC(=O)[C@H](Cc2ccc(O)cc2)NC(=O)[C@H](Cc2c[nH]cn2)NC(=O)[C@H](Cc2c[nH]cn2)NC(=O)[C@H](Cc2ccc(O)cc2)NC(=O)SC[C@@H](C(=O)NCC(N)=O)NC(=O)CNC(=O)[C@H](CC(C)C)NC(=O)[C@H](CCC(=O)O)NC(=O)CNC(=O)[C@H](Cc2ccc(O)cc2)NC1=O. The molecule has 2 aromatic heterocycles. The first-order valence-corrected chi connectivity index (χ1v) is 42.4. The number of carbonyl (C=O) groups is 17. The average Bonchev–Trinajstić information content (AvgIpc) is 1.18. The average molecular weight is 1830 g/mol. The van der Waals surface area contributed by atoms with E-state index in [4.69, 9.17) is 16.9 Å². The van der Waals surface area contributed by atoms with Gasteiger partial charge in [-0.3, -0.25) is 86.9 Å². The van der Waals surface area contributed by atoms with Crippen molar-refractivity contribution in [1.29, 1.82) is 5.41 Å². The smallest absolute Gasteiger partial charge is 0.303 e. The Balaban J connectivity index is 1.30. The molecule has 0 aliphatic carbocycles. The number of aliphatic carboxylic acids is 1. The van der Waals surface area contributed by atoms with Crippen molar-refractivity contribution >= 4 is 118 Å². The summed E-state index contributed by atoms with van der Waals surface area (Å²) in [6.07, 6.45) is 1.12. The van der Waals surface area contributed by atoms with Gasteiger partial charge in [0.25, 0.3) is 5.24 Å². The fourth-order valence-corrected chi connectivity index (χ4v) is 13.9. The predicted molar refractivity (Wildman–Crippen MR) is 467 cm³/mol. The summed E-state index contributed by atoms with van der Waals surface area (Å²) >= 11 is 0.322. The van der Waals surface area contributed by atoms with Crippen LogP contribution >= 0.6 is 11.8 Å². The third kappa shape index (κ3) is 35.9. The normalized spacial score (nSPS) is 22.1.